The van der Waals surface area contributed by atoms with Gasteiger partial charge < -0.3 is 37.5 Å². The number of hydrogen-bond donors (Lipinski definition) is 1. The molecule has 1 aliphatic rings. The van der Waals surface area contributed by atoms with Crippen LogP contribution in [0.2, 0.25) is 58.9 Å². The summed E-state index contributed by atoms with van der Waals surface area (Å²) in [5.74, 6) is 0. The van der Waals surface area contributed by atoms with E-state index < -0.39 is 73.4 Å². The number of ether oxygens (including phenoxy) is 4. The molecule has 10 nitrogen and oxygen atoms in total. The van der Waals surface area contributed by atoms with Crippen LogP contribution in [-0.2, 0) is 32.2 Å². The quantitative estimate of drug-likeness (QED) is 0.208. The average Bonchev–Trinajstić information content (AvgIpc) is 2.60. The molecule has 1 amide bonds. The highest BCUT2D eigenvalue weighted by atomic mass is 35.5. The van der Waals surface area contributed by atoms with Crippen LogP contribution < -0.4 is 5.32 Å². The molecule has 5 atom stereocenters. The maximum absolute atomic E-state index is 12.9. The molecular weight excluding hydrogens is 542 g/mol. The lowest BCUT2D eigenvalue weighted by Gasteiger charge is -2.50. The molecule has 36 heavy (non-hydrogen) atoms. The number of carbonyl (C=O) groups excluding carboxylic acids is 2. The summed E-state index contributed by atoms with van der Waals surface area (Å²) >= 11 is 5.48. The van der Waals surface area contributed by atoms with E-state index in [9.17, 15) is 9.59 Å². The Kier molecular flexibility index (Phi) is 12.0. The monoisotopic (exact) mass is 587 g/mol. The van der Waals surface area contributed by atoms with E-state index in [1.807, 2.05) is 39.3 Å². The van der Waals surface area contributed by atoms with Gasteiger partial charge in [-0.05, 0) is 79.7 Å². The van der Waals surface area contributed by atoms with Gasteiger partial charge in [0.1, 0.15) is 30.5 Å². The first kappa shape index (κ1) is 33.3. The highest BCUT2D eigenvalue weighted by molar-refractivity contribution is 6.70. The highest BCUT2D eigenvalue weighted by Crippen LogP contribution is 2.32. The van der Waals surface area contributed by atoms with E-state index in [0.29, 0.717) is 0 Å². The van der Waals surface area contributed by atoms with E-state index in [0.717, 1.165) is 0 Å². The topological polar surface area (TPSA) is 111 Å². The van der Waals surface area contributed by atoms with Crippen LogP contribution in [0.25, 0.3) is 0 Å². The largest absolute Gasteiger partial charge is 0.509 e. The van der Waals surface area contributed by atoms with Crippen LogP contribution in [0.1, 0.15) is 20.8 Å². The molecular formula is C22H46ClNO9Si3. The second kappa shape index (κ2) is 12.9. The predicted octanol–water partition coefficient (Wildman–Crippen LogP) is 5.25. The maximum atomic E-state index is 12.9. The first-order valence-corrected chi connectivity index (χ1v) is 22.9. The number of nitrogens with one attached hydrogen (secondary N) is 1. The smallest absolute Gasteiger partial charge is 0.444 e. The van der Waals surface area contributed by atoms with Crippen LogP contribution in [0, 0.1) is 0 Å². The van der Waals surface area contributed by atoms with Crippen molar-refractivity contribution in [2.75, 3.05) is 12.7 Å². The first-order chi connectivity index (χ1) is 16.1. The summed E-state index contributed by atoms with van der Waals surface area (Å²) in [6.07, 6.45) is -4.46. The van der Waals surface area contributed by atoms with E-state index in [-0.39, 0.29) is 12.7 Å². The summed E-state index contributed by atoms with van der Waals surface area (Å²) in [5, 5.41) is 2.94. The molecule has 1 N–H and O–H groups in total. The van der Waals surface area contributed by atoms with Crippen molar-refractivity contribution in [3.8, 4) is 0 Å². The Hall–Kier alpha value is -0.679. The van der Waals surface area contributed by atoms with Gasteiger partial charge in [0.2, 0.25) is 0 Å². The van der Waals surface area contributed by atoms with Crippen molar-refractivity contribution < 1.29 is 41.8 Å². The van der Waals surface area contributed by atoms with E-state index in [1.165, 1.54) is 0 Å². The summed E-state index contributed by atoms with van der Waals surface area (Å²) in [7, 11) is -6.52. The van der Waals surface area contributed by atoms with E-state index in [4.69, 9.17) is 43.8 Å². The molecule has 0 radical (unpaired) electrons. The van der Waals surface area contributed by atoms with Crippen molar-refractivity contribution in [2.24, 2.45) is 0 Å². The number of rotatable bonds is 10. The SMILES string of the molecule is CC(C)(C)OC(=O)N[C@H]1[C@@H](O[Si](C)(C)C)O[C@H](COC(=O)OCCl)[C@@H](O[Si](C)(C)C)[C@@H]1O[Si](C)(C)C. The molecule has 1 rings (SSSR count). The third-order valence-electron chi connectivity index (χ3n) is 4.32. The zero-order valence-electron chi connectivity index (χ0n) is 23.9. The van der Waals surface area contributed by atoms with Crippen LogP contribution in [0.3, 0.4) is 0 Å². The zero-order chi connectivity index (χ0) is 28.1. The summed E-state index contributed by atoms with van der Waals surface area (Å²) in [6, 6.07) is -1.06. The molecule has 0 saturated carbocycles. The Balaban J connectivity index is 3.50. The van der Waals surface area contributed by atoms with Crippen molar-refractivity contribution in [1.82, 2.24) is 5.32 Å². The van der Waals surface area contributed by atoms with Gasteiger partial charge in [0, 0.05) is 0 Å². The lowest BCUT2D eigenvalue weighted by atomic mass is 9.97. The van der Waals surface area contributed by atoms with E-state index >= 15 is 0 Å². The lowest BCUT2D eigenvalue weighted by Crippen LogP contribution is -2.69. The number of carbonyl (C=O) groups is 2. The second-order valence-corrected chi connectivity index (χ2v) is 26.2. The molecule has 0 aromatic carbocycles. The van der Waals surface area contributed by atoms with Crippen molar-refractivity contribution in [2.45, 2.75) is 116 Å². The van der Waals surface area contributed by atoms with Gasteiger partial charge >= 0.3 is 12.2 Å². The Morgan fingerprint density at radius 3 is 1.78 bits per heavy atom. The molecule has 1 fully saturated rings. The van der Waals surface area contributed by atoms with Gasteiger partial charge in [-0.25, -0.2) is 9.59 Å². The summed E-state index contributed by atoms with van der Waals surface area (Å²) < 4.78 is 41.4. The molecule has 0 spiro atoms. The molecule has 1 heterocycles. The van der Waals surface area contributed by atoms with Crippen LogP contribution in [0.15, 0.2) is 0 Å². The normalized spacial score (nSPS) is 25.8. The van der Waals surface area contributed by atoms with Gasteiger partial charge in [-0.3, -0.25) is 0 Å². The van der Waals surface area contributed by atoms with E-state index in [2.05, 4.69) is 25.0 Å². The van der Waals surface area contributed by atoms with Gasteiger partial charge in [-0.1, -0.05) is 11.6 Å². The number of halogens is 1. The van der Waals surface area contributed by atoms with Gasteiger partial charge in [0.25, 0.3) is 0 Å². The summed E-state index contributed by atoms with van der Waals surface area (Å²) in [4.78, 5) is 24.8. The fourth-order valence-electron chi connectivity index (χ4n) is 3.42. The Morgan fingerprint density at radius 2 is 1.33 bits per heavy atom. The predicted molar refractivity (Wildman–Crippen MR) is 146 cm³/mol. The highest BCUT2D eigenvalue weighted by Gasteiger charge is 2.52. The molecule has 1 aliphatic heterocycles. The van der Waals surface area contributed by atoms with Crippen LogP contribution in [0.5, 0.6) is 0 Å². The maximum Gasteiger partial charge on any atom is 0.509 e. The van der Waals surface area contributed by atoms with Crippen molar-refractivity contribution >= 4 is 48.8 Å². The standard InChI is InChI=1S/C22H46ClNO9Si3/c1-22(2,3)30-20(25)24-16-18(32-35(7,8)9)17(31-34(4,5)6)15(13-27-21(26)28-14-23)29-19(16)33-36(10,11)12/h15-19H,13-14H2,1-12H3,(H,24,25)/t15-,16-,17-,18-,19-/m1/s1. The molecule has 0 aliphatic carbocycles. The van der Waals surface area contributed by atoms with Crippen LogP contribution in [-0.4, -0.2) is 86.1 Å². The summed E-state index contributed by atoms with van der Waals surface area (Å²) in [5.41, 5.74) is -0.697. The fourth-order valence-corrected chi connectivity index (χ4v) is 6.61. The molecule has 0 unspecified atom stereocenters. The van der Waals surface area contributed by atoms with Gasteiger partial charge in [0.15, 0.2) is 37.3 Å². The van der Waals surface area contributed by atoms with Crippen molar-refractivity contribution in [3.05, 3.63) is 0 Å². The molecule has 212 valence electrons. The lowest BCUT2D eigenvalue weighted by molar-refractivity contribution is -0.240. The van der Waals surface area contributed by atoms with Gasteiger partial charge in [-0.2, -0.15) is 0 Å². The number of amides is 1. The van der Waals surface area contributed by atoms with Crippen molar-refractivity contribution in [1.29, 1.82) is 0 Å². The Morgan fingerprint density at radius 1 is 0.833 bits per heavy atom. The minimum atomic E-state index is -2.18. The van der Waals surface area contributed by atoms with Gasteiger partial charge in [0.05, 0.1) is 6.10 Å². The van der Waals surface area contributed by atoms with E-state index in [1.54, 1.807) is 20.8 Å². The summed E-state index contributed by atoms with van der Waals surface area (Å²) in [6.45, 7) is 23.5. The third-order valence-corrected chi connectivity index (χ3v) is 7.32. The third kappa shape index (κ3) is 13.2. The molecule has 1 saturated heterocycles. The molecule has 14 heteroatoms. The number of alkyl carbamates (subject to hydrolysis) is 1. The number of alkyl halides is 1. The van der Waals surface area contributed by atoms with Crippen LogP contribution >= 0.6 is 11.6 Å². The van der Waals surface area contributed by atoms with Gasteiger partial charge in [-0.15, -0.1) is 0 Å². The number of hydrogen-bond acceptors (Lipinski definition) is 9. The first-order valence-electron chi connectivity index (χ1n) is 12.1. The molecule has 0 aromatic heterocycles. The van der Waals surface area contributed by atoms with Crippen molar-refractivity contribution in [3.63, 3.8) is 0 Å². The minimum Gasteiger partial charge on any atom is -0.444 e. The Bertz CT molecular complexity index is 732. The zero-order valence-corrected chi connectivity index (χ0v) is 27.6. The average molecular weight is 588 g/mol. The fraction of sp³-hybridized carbons (Fsp3) is 0.909. The van der Waals surface area contributed by atoms with Crippen LogP contribution in [0.4, 0.5) is 9.59 Å². The Labute approximate surface area is 224 Å². The molecule has 0 bridgehead atoms. The second-order valence-electron chi connectivity index (χ2n) is 12.6. The minimum absolute atomic E-state index is 0.166. The molecule has 0 aromatic rings.